The molecule has 14 heavy (non-hydrogen) atoms. The summed E-state index contributed by atoms with van der Waals surface area (Å²) in [6.45, 7) is 1.95. The molecule has 0 atom stereocenters. The summed E-state index contributed by atoms with van der Waals surface area (Å²) in [4.78, 5) is 10.5. The maximum absolute atomic E-state index is 10.5. The third-order valence-corrected chi connectivity index (χ3v) is 2.56. The van der Waals surface area contributed by atoms with Crippen LogP contribution in [0.5, 0.6) is 0 Å². The maximum Gasteiger partial charge on any atom is 0.216 e. The molecule has 1 aromatic carbocycles. The van der Waals surface area contributed by atoms with Crippen LogP contribution >= 0.6 is 34.8 Å². The Labute approximate surface area is 98.0 Å². The summed E-state index contributed by atoms with van der Waals surface area (Å²) in [5.74, 6) is 0. The van der Waals surface area contributed by atoms with E-state index in [4.69, 9.17) is 34.8 Å². The van der Waals surface area contributed by atoms with Gasteiger partial charge in [0.15, 0.2) is 0 Å². The minimum atomic E-state index is -1.42. The highest BCUT2D eigenvalue weighted by Gasteiger charge is 2.25. The summed E-state index contributed by atoms with van der Waals surface area (Å²) in [5.41, 5.74) is 2.12. The van der Waals surface area contributed by atoms with Crippen LogP contribution in [-0.4, -0.2) is 6.29 Å². The van der Waals surface area contributed by atoms with Gasteiger partial charge in [-0.1, -0.05) is 53.9 Å². The Morgan fingerprint density at radius 2 is 2.00 bits per heavy atom. The van der Waals surface area contributed by atoms with Gasteiger partial charge in [0.25, 0.3) is 0 Å². The topological polar surface area (TPSA) is 17.1 Å². The minimum absolute atomic E-state index is 0.597. The minimum Gasteiger partial charge on any atom is -0.298 e. The monoisotopic (exact) mass is 250 g/mol. The Hall–Kier alpha value is -0.240. The molecular weight excluding hydrogens is 242 g/mol. The smallest absolute Gasteiger partial charge is 0.216 e. The van der Waals surface area contributed by atoms with Crippen molar-refractivity contribution < 1.29 is 4.79 Å². The fourth-order valence-electron chi connectivity index (χ4n) is 1.26. The van der Waals surface area contributed by atoms with Gasteiger partial charge in [-0.15, -0.1) is 0 Å². The van der Waals surface area contributed by atoms with Gasteiger partial charge in [-0.2, -0.15) is 0 Å². The van der Waals surface area contributed by atoms with Gasteiger partial charge >= 0.3 is 0 Å². The van der Waals surface area contributed by atoms with Crippen molar-refractivity contribution in [3.05, 3.63) is 34.9 Å². The van der Waals surface area contributed by atoms with Gasteiger partial charge < -0.3 is 0 Å². The molecule has 0 saturated heterocycles. The number of hydrogen-bond acceptors (Lipinski definition) is 1. The second-order valence-electron chi connectivity index (χ2n) is 2.89. The second-order valence-corrected chi connectivity index (χ2v) is 5.17. The zero-order chi connectivity index (χ0) is 10.8. The molecule has 1 nitrogen and oxygen atoms in total. The van der Waals surface area contributed by atoms with Crippen molar-refractivity contribution in [3.63, 3.8) is 0 Å². The lowest BCUT2D eigenvalue weighted by atomic mass is 10.0. The number of halogens is 3. The van der Waals surface area contributed by atoms with Crippen molar-refractivity contribution >= 4 is 41.1 Å². The first-order valence-corrected chi connectivity index (χ1v) is 5.27. The number of rotatable bonds is 2. The van der Waals surface area contributed by atoms with Gasteiger partial charge in [-0.3, -0.25) is 4.79 Å². The van der Waals surface area contributed by atoms with Crippen LogP contribution in [-0.2, 0) is 10.2 Å². The van der Waals surface area contributed by atoms with E-state index in [1.54, 1.807) is 18.2 Å². The Kier molecular flexibility index (Phi) is 3.82. The maximum atomic E-state index is 10.5. The molecule has 0 spiro atoms. The molecule has 1 rings (SSSR count). The van der Waals surface area contributed by atoms with Gasteiger partial charge in [0, 0.05) is 11.1 Å². The fraction of sp³-hybridized carbons (Fsp3) is 0.300. The molecular formula is C10H9Cl3O. The highest BCUT2D eigenvalue weighted by atomic mass is 35.6. The zero-order valence-corrected chi connectivity index (χ0v) is 9.83. The summed E-state index contributed by atoms with van der Waals surface area (Å²) < 4.78 is -1.42. The second kappa shape index (κ2) is 4.52. The van der Waals surface area contributed by atoms with Crippen molar-refractivity contribution in [2.24, 2.45) is 0 Å². The molecule has 0 unspecified atom stereocenters. The SMILES string of the molecule is CCc1cc(C=O)ccc1C(Cl)(Cl)Cl. The summed E-state index contributed by atoms with van der Waals surface area (Å²) in [5, 5.41) is 0. The van der Waals surface area contributed by atoms with Crippen molar-refractivity contribution in [3.8, 4) is 0 Å². The van der Waals surface area contributed by atoms with E-state index >= 15 is 0 Å². The molecule has 0 amide bonds. The van der Waals surface area contributed by atoms with Crippen molar-refractivity contribution in [2.75, 3.05) is 0 Å². The predicted octanol–water partition coefficient (Wildman–Crippen LogP) is 3.89. The molecule has 0 heterocycles. The number of carbonyl (C=O) groups excluding carboxylic acids is 1. The summed E-state index contributed by atoms with van der Waals surface area (Å²) in [6.07, 6.45) is 1.51. The number of hydrogen-bond donors (Lipinski definition) is 0. The first kappa shape index (κ1) is 11.8. The Morgan fingerprint density at radius 3 is 2.43 bits per heavy atom. The Morgan fingerprint density at radius 1 is 1.36 bits per heavy atom. The molecule has 0 aromatic heterocycles. The van der Waals surface area contributed by atoms with E-state index in [9.17, 15) is 4.79 Å². The van der Waals surface area contributed by atoms with Gasteiger partial charge in [-0.25, -0.2) is 0 Å². The fourth-order valence-corrected chi connectivity index (χ4v) is 1.81. The molecule has 0 N–H and O–H groups in total. The van der Waals surface area contributed by atoms with Gasteiger partial charge in [0.2, 0.25) is 3.79 Å². The van der Waals surface area contributed by atoms with Crippen LogP contribution in [0.3, 0.4) is 0 Å². The summed E-state index contributed by atoms with van der Waals surface area (Å²) in [6, 6.07) is 5.06. The summed E-state index contributed by atoms with van der Waals surface area (Å²) >= 11 is 17.3. The third-order valence-electron chi connectivity index (χ3n) is 1.95. The molecule has 0 aliphatic rings. The number of carbonyl (C=O) groups is 1. The number of alkyl halides is 3. The van der Waals surface area contributed by atoms with Crippen LogP contribution in [0, 0.1) is 0 Å². The molecule has 76 valence electrons. The van der Waals surface area contributed by atoms with Crippen LogP contribution in [0.2, 0.25) is 0 Å². The Balaban J connectivity index is 3.25. The Bertz CT molecular complexity index is 342. The average Bonchev–Trinajstić information content (AvgIpc) is 2.15. The van der Waals surface area contributed by atoms with Gasteiger partial charge in [0.1, 0.15) is 6.29 Å². The van der Waals surface area contributed by atoms with Crippen molar-refractivity contribution in [1.29, 1.82) is 0 Å². The third kappa shape index (κ3) is 2.63. The molecule has 0 aliphatic carbocycles. The van der Waals surface area contributed by atoms with E-state index in [1.807, 2.05) is 6.92 Å². The zero-order valence-electron chi connectivity index (χ0n) is 7.56. The number of aldehydes is 1. The molecule has 0 radical (unpaired) electrons. The summed E-state index contributed by atoms with van der Waals surface area (Å²) in [7, 11) is 0. The van der Waals surface area contributed by atoms with E-state index in [0.29, 0.717) is 11.1 Å². The largest absolute Gasteiger partial charge is 0.298 e. The molecule has 4 heteroatoms. The van der Waals surface area contributed by atoms with Crippen LogP contribution in [0.1, 0.15) is 28.4 Å². The van der Waals surface area contributed by atoms with E-state index < -0.39 is 3.79 Å². The number of aryl methyl sites for hydroxylation is 1. The average molecular weight is 252 g/mol. The lowest BCUT2D eigenvalue weighted by molar-refractivity contribution is 0.112. The van der Waals surface area contributed by atoms with Gasteiger partial charge in [-0.05, 0) is 18.1 Å². The lowest BCUT2D eigenvalue weighted by Crippen LogP contribution is -2.05. The van der Waals surface area contributed by atoms with Crippen molar-refractivity contribution in [1.82, 2.24) is 0 Å². The molecule has 0 saturated carbocycles. The van der Waals surface area contributed by atoms with E-state index in [-0.39, 0.29) is 0 Å². The van der Waals surface area contributed by atoms with Crippen LogP contribution < -0.4 is 0 Å². The lowest BCUT2D eigenvalue weighted by Gasteiger charge is -2.15. The quantitative estimate of drug-likeness (QED) is 0.576. The van der Waals surface area contributed by atoms with Crippen LogP contribution in [0.4, 0.5) is 0 Å². The molecule has 0 fully saturated rings. The number of benzene rings is 1. The van der Waals surface area contributed by atoms with Crippen LogP contribution in [0.15, 0.2) is 18.2 Å². The first-order valence-electron chi connectivity index (χ1n) is 4.14. The van der Waals surface area contributed by atoms with Gasteiger partial charge in [0.05, 0.1) is 0 Å². The van der Waals surface area contributed by atoms with E-state index in [2.05, 4.69) is 0 Å². The predicted molar refractivity (Wildman–Crippen MR) is 60.4 cm³/mol. The highest BCUT2D eigenvalue weighted by molar-refractivity contribution is 6.66. The highest BCUT2D eigenvalue weighted by Crippen LogP contribution is 2.40. The standard InChI is InChI=1S/C10H9Cl3O/c1-2-8-5-7(6-14)3-4-9(8)10(11,12)13/h3-6H,2H2,1H3. The molecule has 0 bridgehead atoms. The molecule has 1 aromatic rings. The van der Waals surface area contributed by atoms with E-state index in [0.717, 1.165) is 18.3 Å². The normalized spacial score (nSPS) is 11.4. The van der Waals surface area contributed by atoms with E-state index in [1.165, 1.54) is 0 Å². The first-order chi connectivity index (χ1) is 6.49. The molecule has 0 aliphatic heterocycles. The van der Waals surface area contributed by atoms with Crippen molar-refractivity contribution in [2.45, 2.75) is 17.1 Å². The van der Waals surface area contributed by atoms with Crippen LogP contribution in [0.25, 0.3) is 0 Å².